The van der Waals surface area contributed by atoms with Crippen LogP contribution in [0.25, 0.3) is 0 Å². The van der Waals surface area contributed by atoms with E-state index >= 15 is 0 Å². The van der Waals surface area contributed by atoms with Crippen molar-refractivity contribution in [1.82, 2.24) is 0 Å². The van der Waals surface area contributed by atoms with Crippen molar-refractivity contribution < 1.29 is 57.9 Å². The SMILES string of the molecule is OCCOCCOCCOCCOCCOOCCOCCOCCOCCOCCO. The lowest BCUT2D eigenvalue weighted by molar-refractivity contribution is -0.303. The van der Waals surface area contributed by atoms with Gasteiger partial charge in [-0.3, -0.25) is 0 Å². The van der Waals surface area contributed by atoms with Gasteiger partial charge < -0.3 is 48.1 Å². The van der Waals surface area contributed by atoms with Crippen LogP contribution < -0.4 is 0 Å². The van der Waals surface area contributed by atoms with Crippen LogP contribution in [0.4, 0.5) is 0 Å². The van der Waals surface area contributed by atoms with Crippen molar-refractivity contribution in [2.24, 2.45) is 0 Å². The smallest absolute Gasteiger partial charge is 0.106 e. The van der Waals surface area contributed by atoms with E-state index in [-0.39, 0.29) is 13.2 Å². The van der Waals surface area contributed by atoms with Crippen LogP contribution in [0.1, 0.15) is 0 Å². The fourth-order valence-electron chi connectivity index (χ4n) is 1.96. The molecule has 0 aliphatic heterocycles. The summed E-state index contributed by atoms with van der Waals surface area (Å²) in [5.74, 6) is 0. The first-order valence-corrected chi connectivity index (χ1v) is 11.0. The lowest BCUT2D eigenvalue weighted by Crippen LogP contribution is -2.15. The van der Waals surface area contributed by atoms with Gasteiger partial charge in [-0.1, -0.05) is 0 Å². The molecule has 0 aromatic carbocycles. The van der Waals surface area contributed by atoms with E-state index in [1.165, 1.54) is 0 Å². The van der Waals surface area contributed by atoms with Gasteiger partial charge in [-0.15, -0.1) is 0 Å². The van der Waals surface area contributed by atoms with Gasteiger partial charge in [0.05, 0.1) is 119 Å². The van der Waals surface area contributed by atoms with Crippen LogP contribution in [-0.4, -0.2) is 142 Å². The summed E-state index contributed by atoms with van der Waals surface area (Å²) in [5.41, 5.74) is 0. The summed E-state index contributed by atoms with van der Waals surface area (Å²) >= 11 is 0. The summed E-state index contributed by atoms with van der Waals surface area (Å²) in [7, 11) is 0. The van der Waals surface area contributed by atoms with Crippen LogP contribution in [0.3, 0.4) is 0 Å². The average molecular weight is 475 g/mol. The largest absolute Gasteiger partial charge is 0.394 e. The Bertz CT molecular complexity index is 295. The second-order valence-corrected chi connectivity index (χ2v) is 5.99. The Balaban J connectivity index is 2.98. The second kappa shape index (κ2) is 30.5. The predicted molar refractivity (Wildman–Crippen MR) is 113 cm³/mol. The number of hydrogen-bond donors (Lipinski definition) is 2. The summed E-state index contributed by atoms with van der Waals surface area (Å²) in [6.07, 6.45) is 0. The molecule has 0 aromatic heterocycles. The van der Waals surface area contributed by atoms with Crippen molar-refractivity contribution in [3.05, 3.63) is 0 Å². The number of hydrogen-bond acceptors (Lipinski definition) is 12. The van der Waals surface area contributed by atoms with E-state index in [0.717, 1.165) is 0 Å². The first kappa shape index (κ1) is 31.5. The average Bonchev–Trinajstić information content (AvgIpc) is 2.81. The Labute approximate surface area is 190 Å². The highest BCUT2D eigenvalue weighted by Crippen LogP contribution is 1.86. The first-order chi connectivity index (χ1) is 15.9. The Morgan fingerprint density at radius 3 is 0.656 bits per heavy atom. The quantitative estimate of drug-likeness (QED) is 0.0787. The van der Waals surface area contributed by atoms with Crippen LogP contribution in [0.15, 0.2) is 0 Å². The molecule has 0 unspecified atom stereocenters. The van der Waals surface area contributed by atoms with Gasteiger partial charge in [0.25, 0.3) is 0 Å². The third kappa shape index (κ3) is 29.5. The molecule has 0 spiro atoms. The fourth-order valence-corrected chi connectivity index (χ4v) is 1.96. The molecule has 0 atom stereocenters. The highest BCUT2D eigenvalue weighted by atomic mass is 17.2. The molecule has 0 saturated carbocycles. The summed E-state index contributed by atoms with van der Waals surface area (Å²) in [4.78, 5) is 9.95. The minimum absolute atomic E-state index is 0.0218. The second-order valence-electron chi connectivity index (χ2n) is 5.99. The Morgan fingerprint density at radius 1 is 0.250 bits per heavy atom. The molecule has 0 aromatic rings. The minimum atomic E-state index is 0.0218. The number of aliphatic hydroxyl groups is 2. The molecule has 0 heterocycles. The molecule has 194 valence electrons. The van der Waals surface area contributed by atoms with E-state index in [0.29, 0.717) is 119 Å². The maximum atomic E-state index is 8.53. The van der Waals surface area contributed by atoms with Crippen LogP contribution in [0.5, 0.6) is 0 Å². The fraction of sp³-hybridized carbons (Fsp3) is 1.00. The molecule has 0 rings (SSSR count). The Kier molecular flexibility index (Phi) is 30.1. The van der Waals surface area contributed by atoms with Gasteiger partial charge in [0, 0.05) is 0 Å². The number of ether oxygens (including phenoxy) is 8. The zero-order valence-corrected chi connectivity index (χ0v) is 19.1. The molecule has 0 amide bonds. The van der Waals surface area contributed by atoms with E-state index in [1.807, 2.05) is 0 Å². The Hall–Kier alpha value is -0.480. The highest BCUT2D eigenvalue weighted by Gasteiger charge is 1.95. The van der Waals surface area contributed by atoms with Crippen LogP contribution in [0, 0.1) is 0 Å². The van der Waals surface area contributed by atoms with Crippen LogP contribution in [-0.2, 0) is 47.7 Å². The summed E-state index contributed by atoms with van der Waals surface area (Å²) in [6, 6.07) is 0. The van der Waals surface area contributed by atoms with Crippen molar-refractivity contribution in [3.63, 3.8) is 0 Å². The van der Waals surface area contributed by atoms with Crippen LogP contribution in [0.2, 0.25) is 0 Å². The molecule has 0 fully saturated rings. The van der Waals surface area contributed by atoms with E-state index < -0.39 is 0 Å². The normalized spacial score (nSPS) is 11.4. The van der Waals surface area contributed by atoms with E-state index in [4.69, 9.17) is 57.9 Å². The molecule has 12 nitrogen and oxygen atoms in total. The first-order valence-electron chi connectivity index (χ1n) is 11.0. The Morgan fingerprint density at radius 2 is 0.438 bits per heavy atom. The molecule has 0 saturated heterocycles. The maximum absolute atomic E-state index is 8.53. The zero-order chi connectivity index (χ0) is 23.2. The molecule has 32 heavy (non-hydrogen) atoms. The van der Waals surface area contributed by atoms with Crippen molar-refractivity contribution in [1.29, 1.82) is 0 Å². The molecule has 0 radical (unpaired) electrons. The van der Waals surface area contributed by atoms with Gasteiger partial charge in [0.15, 0.2) is 0 Å². The standard InChI is InChI=1S/C20H42O12/c21-1-3-23-5-7-25-9-11-27-13-15-29-17-19-31-32-20-18-30-16-14-28-12-10-26-8-6-24-4-2-22/h21-22H,1-20H2. The van der Waals surface area contributed by atoms with Crippen molar-refractivity contribution >= 4 is 0 Å². The highest BCUT2D eigenvalue weighted by molar-refractivity contribution is 4.36. The molecule has 0 bridgehead atoms. The van der Waals surface area contributed by atoms with E-state index in [2.05, 4.69) is 0 Å². The minimum Gasteiger partial charge on any atom is -0.394 e. The summed E-state index contributed by atoms with van der Waals surface area (Å²) in [5, 5.41) is 17.1. The molecule has 0 aliphatic carbocycles. The number of rotatable bonds is 29. The van der Waals surface area contributed by atoms with Gasteiger partial charge in [0.2, 0.25) is 0 Å². The molecular formula is C20H42O12. The lowest BCUT2D eigenvalue weighted by atomic mass is 10.7. The van der Waals surface area contributed by atoms with E-state index in [1.54, 1.807) is 0 Å². The third-order valence-electron chi connectivity index (χ3n) is 3.41. The van der Waals surface area contributed by atoms with E-state index in [9.17, 15) is 0 Å². The topological polar surface area (TPSA) is 133 Å². The van der Waals surface area contributed by atoms with Crippen LogP contribution >= 0.6 is 0 Å². The van der Waals surface area contributed by atoms with Gasteiger partial charge in [0.1, 0.15) is 13.2 Å². The van der Waals surface area contributed by atoms with Gasteiger partial charge in [-0.05, 0) is 0 Å². The molecule has 0 aliphatic rings. The summed E-state index contributed by atoms with van der Waals surface area (Å²) < 4.78 is 42.1. The zero-order valence-electron chi connectivity index (χ0n) is 19.1. The molecule has 2 N–H and O–H groups in total. The molecular weight excluding hydrogens is 432 g/mol. The predicted octanol–water partition coefficient (Wildman–Crippen LogP) is -0.948. The van der Waals surface area contributed by atoms with Gasteiger partial charge in [-0.25, -0.2) is 9.78 Å². The third-order valence-corrected chi connectivity index (χ3v) is 3.41. The van der Waals surface area contributed by atoms with Crippen molar-refractivity contribution in [3.8, 4) is 0 Å². The summed E-state index contributed by atoms with van der Waals surface area (Å²) in [6.45, 7) is 7.92. The maximum Gasteiger partial charge on any atom is 0.106 e. The number of aliphatic hydroxyl groups excluding tert-OH is 2. The van der Waals surface area contributed by atoms with Gasteiger partial charge in [-0.2, -0.15) is 0 Å². The molecule has 12 heteroatoms. The van der Waals surface area contributed by atoms with Crippen molar-refractivity contribution in [2.75, 3.05) is 132 Å². The monoisotopic (exact) mass is 474 g/mol. The van der Waals surface area contributed by atoms with Crippen molar-refractivity contribution in [2.45, 2.75) is 0 Å². The van der Waals surface area contributed by atoms with Gasteiger partial charge >= 0.3 is 0 Å². The lowest BCUT2D eigenvalue weighted by Gasteiger charge is -2.08.